The van der Waals surface area contributed by atoms with Gasteiger partial charge in [-0.25, -0.2) is 9.08 Å². The standard InChI is InChI=1S/C11H11N3O4S/c12-10(16)9-6-2-1-5(15)3-7(6)8-4-13(9)11(17)14(8)18-19/h1-3,8-9,15,19H,4H2,(H2,12,16). The van der Waals surface area contributed by atoms with E-state index >= 15 is 0 Å². The molecule has 3 N–H and O–H groups in total. The lowest BCUT2D eigenvalue weighted by molar-refractivity contribution is -0.122. The fourth-order valence-electron chi connectivity index (χ4n) is 2.71. The van der Waals surface area contributed by atoms with Gasteiger partial charge in [0, 0.05) is 12.9 Å². The summed E-state index contributed by atoms with van der Waals surface area (Å²) in [5.41, 5.74) is 6.62. The minimum atomic E-state index is -0.854. The van der Waals surface area contributed by atoms with Crippen molar-refractivity contribution in [2.24, 2.45) is 5.73 Å². The van der Waals surface area contributed by atoms with Crippen LogP contribution >= 0.6 is 12.9 Å². The Morgan fingerprint density at radius 2 is 2.21 bits per heavy atom. The van der Waals surface area contributed by atoms with Crippen LogP contribution in [0.3, 0.4) is 0 Å². The van der Waals surface area contributed by atoms with E-state index in [1.165, 1.54) is 17.0 Å². The van der Waals surface area contributed by atoms with Gasteiger partial charge in [-0.05, 0) is 23.3 Å². The number of hydrogen-bond donors (Lipinski definition) is 3. The Bertz CT molecular complexity index is 579. The van der Waals surface area contributed by atoms with Crippen molar-refractivity contribution in [3.63, 3.8) is 0 Å². The van der Waals surface area contributed by atoms with Crippen LogP contribution in [0.5, 0.6) is 5.75 Å². The number of amides is 3. The molecule has 1 fully saturated rings. The molecule has 2 unspecified atom stereocenters. The minimum Gasteiger partial charge on any atom is -0.508 e. The van der Waals surface area contributed by atoms with Crippen molar-refractivity contribution in [2.75, 3.05) is 6.54 Å². The topological polar surface area (TPSA) is 96.1 Å². The monoisotopic (exact) mass is 281 g/mol. The van der Waals surface area contributed by atoms with Gasteiger partial charge in [0.1, 0.15) is 17.8 Å². The molecule has 8 heteroatoms. The lowest BCUT2D eigenvalue weighted by atomic mass is 9.90. The second kappa shape index (κ2) is 4.04. The number of carbonyl (C=O) groups is 2. The van der Waals surface area contributed by atoms with E-state index < -0.39 is 24.0 Å². The molecule has 2 aliphatic heterocycles. The molecule has 7 nitrogen and oxygen atoms in total. The van der Waals surface area contributed by atoms with Crippen LogP contribution in [0.15, 0.2) is 18.2 Å². The number of hydrogen-bond acceptors (Lipinski definition) is 5. The van der Waals surface area contributed by atoms with E-state index in [0.29, 0.717) is 11.1 Å². The van der Waals surface area contributed by atoms with Crippen LogP contribution in [0.2, 0.25) is 0 Å². The second-order valence-electron chi connectivity index (χ2n) is 4.48. The number of nitrogens with zero attached hydrogens (tertiary/aromatic N) is 2. The van der Waals surface area contributed by atoms with Crippen LogP contribution in [0, 0.1) is 0 Å². The zero-order valence-electron chi connectivity index (χ0n) is 9.68. The summed E-state index contributed by atoms with van der Waals surface area (Å²) in [6, 6.07) is 2.81. The lowest BCUT2D eigenvalue weighted by Crippen LogP contribution is -2.41. The molecule has 0 radical (unpaired) electrons. The van der Waals surface area contributed by atoms with E-state index in [2.05, 4.69) is 12.9 Å². The fraction of sp³-hybridized carbons (Fsp3) is 0.273. The van der Waals surface area contributed by atoms with Gasteiger partial charge in [0.25, 0.3) is 0 Å². The van der Waals surface area contributed by atoms with Crippen molar-refractivity contribution in [3.8, 4) is 5.75 Å². The number of benzene rings is 1. The molecule has 0 spiro atoms. The molecule has 1 aromatic carbocycles. The second-order valence-corrected chi connectivity index (χ2v) is 4.64. The first-order valence-electron chi connectivity index (χ1n) is 5.58. The van der Waals surface area contributed by atoms with Crippen LogP contribution < -0.4 is 5.73 Å². The molecule has 2 atom stereocenters. The van der Waals surface area contributed by atoms with E-state index in [1.54, 1.807) is 6.07 Å². The van der Waals surface area contributed by atoms with E-state index in [-0.39, 0.29) is 12.3 Å². The molecule has 2 aliphatic rings. The maximum absolute atomic E-state index is 12.1. The highest BCUT2D eigenvalue weighted by atomic mass is 32.1. The number of fused-ring (bicyclic) bond motifs is 4. The normalized spacial score (nSPS) is 24.6. The SMILES string of the molecule is NC(=O)C1c2ccc(O)cc2C2CN1C(=O)N2OS. The van der Waals surface area contributed by atoms with E-state index in [4.69, 9.17) is 10.0 Å². The first kappa shape index (κ1) is 12.1. The molecule has 1 saturated heterocycles. The Balaban J connectivity index is 2.20. The predicted octanol–water partition coefficient (Wildman–Crippen LogP) is 0.487. The third kappa shape index (κ3) is 1.57. The highest BCUT2D eigenvalue weighted by Crippen LogP contribution is 2.44. The zero-order valence-corrected chi connectivity index (χ0v) is 10.6. The first-order chi connectivity index (χ1) is 9.04. The van der Waals surface area contributed by atoms with Crippen LogP contribution in [0.1, 0.15) is 23.2 Å². The van der Waals surface area contributed by atoms with Gasteiger partial charge in [0.05, 0.1) is 6.54 Å². The molecule has 0 saturated carbocycles. The summed E-state index contributed by atoms with van der Waals surface area (Å²) in [7, 11) is 0. The summed E-state index contributed by atoms with van der Waals surface area (Å²) in [5, 5.41) is 10.6. The maximum atomic E-state index is 12.1. The lowest BCUT2D eigenvalue weighted by Gasteiger charge is -2.30. The maximum Gasteiger partial charge on any atom is 0.346 e. The minimum absolute atomic E-state index is 0.0499. The third-order valence-corrected chi connectivity index (χ3v) is 3.66. The van der Waals surface area contributed by atoms with Gasteiger partial charge in [0.2, 0.25) is 5.91 Å². The Morgan fingerprint density at radius 1 is 1.47 bits per heavy atom. The van der Waals surface area contributed by atoms with E-state index in [0.717, 1.165) is 5.06 Å². The Kier molecular flexibility index (Phi) is 2.58. The molecule has 0 aromatic heterocycles. The van der Waals surface area contributed by atoms with Gasteiger partial charge < -0.3 is 15.7 Å². The van der Waals surface area contributed by atoms with Crippen LogP contribution in [-0.4, -0.2) is 33.6 Å². The Hall–Kier alpha value is -1.93. The van der Waals surface area contributed by atoms with Gasteiger partial charge in [0.15, 0.2) is 0 Å². The Morgan fingerprint density at radius 3 is 2.84 bits per heavy atom. The molecular formula is C11H11N3O4S. The zero-order chi connectivity index (χ0) is 13.7. The smallest absolute Gasteiger partial charge is 0.346 e. The van der Waals surface area contributed by atoms with Gasteiger partial charge in [-0.3, -0.25) is 4.79 Å². The van der Waals surface area contributed by atoms with E-state index in [1.807, 2.05) is 0 Å². The van der Waals surface area contributed by atoms with Crippen molar-refractivity contribution in [3.05, 3.63) is 29.3 Å². The number of thiol groups is 1. The summed E-state index contributed by atoms with van der Waals surface area (Å²) in [5.74, 6) is -0.575. The summed E-state index contributed by atoms with van der Waals surface area (Å²) < 4.78 is 4.76. The largest absolute Gasteiger partial charge is 0.508 e. The molecule has 2 bridgehead atoms. The Labute approximate surface area is 114 Å². The molecular weight excluding hydrogens is 270 g/mol. The molecule has 3 rings (SSSR count). The van der Waals surface area contributed by atoms with Gasteiger partial charge >= 0.3 is 6.03 Å². The number of urea groups is 1. The highest BCUT2D eigenvalue weighted by Gasteiger charge is 2.50. The number of aromatic hydroxyl groups is 1. The number of phenolic OH excluding ortho intramolecular Hbond substituents is 1. The molecule has 3 amide bonds. The number of nitrogens with two attached hydrogens (primary N) is 1. The molecule has 100 valence electrons. The first-order valence-corrected chi connectivity index (χ1v) is 5.94. The van der Waals surface area contributed by atoms with Crippen molar-refractivity contribution in [2.45, 2.75) is 12.1 Å². The van der Waals surface area contributed by atoms with Crippen LogP contribution in [0.4, 0.5) is 4.79 Å². The summed E-state index contributed by atoms with van der Waals surface area (Å²) in [4.78, 5) is 25.0. The predicted molar refractivity (Wildman–Crippen MR) is 66.8 cm³/mol. The quantitative estimate of drug-likeness (QED) is 0.543. The van der Waals surface area contributed by atoms with Crippen molar-refractivity contribution in [1.82, 2.24) is 9.96 Å². The fourth-order valence-corrected chi connectivity index (χ4v) is 2.89. The average molecular weight is 281 g/mol. The molecule has 0 aliphatic carbocycles. The number of carbonyl (C=O) groups excluding carboxylic acids is 2. The van der Waals surface area contributed by atoms with Gasteiger partial charge in [-0.2, -0.15) is 5.06 Å². The summed E-state index contributed by atoms with van der Waals surface area (Å²) >= 11 is 3.66. The number of hydroxylamine groups is 2. The summed E-state index contributed by atoms with van der Waals surface area (Å²) in [6.45, 7) is 0.267. The highest BCUT2D eigenvalue weighted by molar-refractivity contribution is 7.75. The molecule has 1 aromatic rings. The number of rotatable bonds is 2. The van der Waals surface area contributed by atoms with Crippen molar-refractivity contribution < 1.29 is 19.0 Å². The van der Waals surface area contributed by atoms with Crippen molar-refractivity contribution in [1.29, 1.82) is 0 Å². The molecule has 2 heterocycles. The molecule has 19 heavy (non-hydrogen) atoms. The average Bonchev–Trinajstić information content (AvgIpc) is 2.64. The number of phenols is 1. The van der Waals surface area contributed by atoms with Crippen LogP contribution in [-0.2, 0) is 9.08 Å². The van der Waals surface area contributed by atoms with Crippen LogP contribution in [0.25, 0.3) is 0 Å². The third-order valence-electron chi connectivity index (χ3n) is 3.48. The van der Waals surface area contributed by atoms with E-state index in [9.17, 15) is 14.7 Å². The van der Waals surface area contributed by atoms with Gasteiger partial charge in [-0.1, -0.05) is 6.07 Å². The summed E-state index contributed by atoms with van der Waals surface area (Å²) in [6.07, 6.45) is 0. The number of primary amides is 1. The van der Waals surface area contributed by atoms with Gasteiger partial charge in [-0.15, -0.1) is 0 Å². The van der Waals surface area contributed by atoms with Crippen molar-refractivity contribution >= 4 is 24.8 Å².